The van der Waals surface area contributed by atoms with Crippen molar-refractivity contribution >= 4 is 17.5 Å². The highest BCUT2D eigenvalue weighted by atomic mass is 16.6. The quantitative estimate of drug-likeness (QED) is 0.241. The van der Waals surface area contributed by atoms with Gasteiger partial charge in [-0.1, -0.05) is 48.0 Å². The summed E-state index contributed by atoms with van der Waals surface area (Å²) in [6.07, 6.45) is 3.26. The number of nitrogens with zero attached hydrogens (tertiary/aromatic N) is 1. The second-order valence-electron chi connectivity index (χ2n) is 6.31. The summed E-state index contributed by atoms with van der Waals surface area (Å²) in [5, 5.41) is 10.7. The van der Waals surface area contributed by atoms with Crippen molar-refractivity contribution in [2.24, 2.45) is 0 Å². The predicted octanol–water partition coefficient (Wildman–Crippen LogP) is 5.38. The second-order valence-corrected chi connectivity index (χ2v) is 6.31. The molecular formula is C23H19NO4. The summed E-state index contributed by atoms with van der Waals surface area (Å²) in [7, 11) is 0. The van der Waals surface area contributed by atoms with Crippen molar-refractivity contribution in [1.29, 1.82) is 0 Å². The SMILES string of the molecule is Cc1ccc(C(=O)/C=C/c2ccccc2OCc2ccc([N+](=O)[O-])cc2)cc1. The van der Waals surface area contributed by atoms with E-state index in [1.165, 1.54) is 18.2 Å². The number of aryl methyl sites for hydroxylation is 1. The number of nitro benzene ring substituents is 1. The molecule has 0 saturated carbocycles. The van der Waals surface area contributed by atoms with Crippen LogP contribution in [0.5, 0.6) is 5.75 Å². The van der Waals surface area contributed by atoms with Gasteiger partial charge in [-0.3, -0.25) is 14.9 Å². The van der Waals surface area contributed by atoms with Crippen LogP contribution in [0.3, 0.4) is 0 Å². The molecule has 0 aliphatic carbocycles. The molecule has 0 unspecified atom stereocenters. The van der Waals surface area contributed by atoms with Gasteiger partial charge in [0.1, 0.15) is 12.4 Å². The number of nitro groups is 1. The number of allylic oxidation sites excluding steroid dienone is 1. The normalized spacial score (nSPS) is 10.8. The fraction of sp³-hybridized carbons (Fsp3) is 0.0870. The molecule has 0 radical (unpaired) electrons. The lowest BCUT2D eigenvalue weighted by Gasteiger charge is -2.09. The number of hydrogen-bond acceptors (Lipinski definition) is 4. The summed E-state index contributed by atoms with van der Waals surface area (Å²) < 4.78 is 5.84. The summed E-state index contributed by atoms with van der Waals surface area (Å²) in [6.45, 7) is 2.25. The Morgan fingerprint density at radius 2 is 1.68 bits per heavy atom. The van der Waals surface area contributed by atoms with E-state index in [1.54, 1.807) is 30.3 Å². The van der Waals surface area contributed by atoms with Gasteiger partial charge in [0.15, 0.2) is 5.78 Å². The number of benzene rings is 3. The first-order valence-corrected chi connectivity index (χ1v) is 8.77. The number of ketones is 1. The van der Waals surface area contributed by atoms with Crippen LogP contribution < -0.4 is 4.74 Å². The summed E-state index contributed by atoms with van der Waals surface area (Å²) >= 11 is 0. The van der Waals surface area contributed by atoms with Gasteiger partial charge in [0.2, 0.25) is 0 Å². The average molecular weight is 373 g/mol. The first kappa shape index (κ1) is 19.0. The van der Waals surface area contributed by atoms with Crippen molar-refractivity contribution in [2.45, 2.75) is 13.5 Å². The molecule has 0 spiro atoms. The number of ether oxygens (including phenoxy) is 1. The Hall–Kier alpha value is -3.73. The molecule has 0 aliphatic heterocycles. The molecule has 0 bridgehead atoms. The van der Waals surface area contributed by atoms with Crippen LogP contribution in [0.1, 0.15) is 27.0 Å². The summed E-state index contributed by atoms with van der Waals surface area (Å²) in [4.78, 5) is 22.6. The standard InChI is InChI=1S/C23H19NO4/c1-17-6-10-19(11-7-17)22(25)15-12-20-4-2-3-5-23(20)28-16-18-8-13-21(14-9-18)24(26)27/h2-15H,16H2,1H3/b15-12+. The van der Waals surface area contributed by atoms with E-state index in [9.17, 15) is 14.9 Å². The summed E-state index contributed by atoms with van der Waals surface area (Å²) in [6, 6.07) is 21.1. The number of carbonyl (C=O) groups is 1. The Morgan fingerprint density at radius 1 is 1.00 bits per heavy atom. The molecule has 0 fully saturated rings. The van der Waals surface area contributed by atoms with Crippen LogP contribution in [0.2, 0.25) is 0 Å². The number of rotatable bonds is 7. The maximum atomic E-state index is 12.3. The molecule has 140 valence electrons. The van der Waals surface area contributed by atoms with Gasteiger partial charge in [0.25, 0.3) is 5.69 Å². The topological polar surface area (TPSA) is 69.4 Å². The first-order chi connectivity index (χ1) is 13.5. The van der Waals surface area contributed by atoms with Crippen molar-refractivity contribution in [3.05, 3.63) is 111 Å². The van der Waals surface area contributed by atoms with Crippen molar-refractivity contribution in [3.8, 4) is 5.75 Å². The lowest BCUT2D eigenvalue weighted by molar-refractivity contribution is -0.384. The number of hydrogen-bond donors (Lipinski definition) is 0. The molecule has 0 amide bonds. The number of non-ortho nitro benzene ring substituents is 1. The molecule has 3 aromatic carbocycles. The molecule has 5 heteroatoms. The summed E-state index contributed by atoms with van der Waals surface area (Å²) in [5.41, 5.74) is 3.38. The Kier molecular flexibility index (Phi) is 5.97. The van der Waals surface area contributed by atoms with Crippen molar-refractivity contribution < 1.29 is 14.5 Å². The van der Waals surface area contributed by atoms with E-state index in [0.29, 0.717) is 11.3 Å². The molecular weight excluding hydrogens is 354 g/mol. The van der Waals surface area contributed by atoms with Crippen LogP contribution in [0.4, 0.5) is 5.69 Å². The minimum Gasteiger partial charge on any atom is -0.488 e. The molecule has 0 aliphatic rings. The molecule has 5 nitrogen and oxygen atoms in total. The van der Waals surface area contributed by atoms with Crippen molar-refractivity contribution in [3.63, 3.8) is 0 Å². The zero-order valence-electron chi connectivity index (χ0n) is 15.4. The van der Waals surface area contributed by atoms with E-state index in [2.05, 4.69) is 0 Å². The lowest BCUT2D eigenvalue weighted by Crippen LogP contribution is -1.98. The predicted molar refractivity (Wildman–Crippen MR) is 108 cm³/mol. The molecule has 3 rings (SSSR count). The van der Waals surface area contributed by atoms with Crippen LogP contribution in [-0.4, -0.2) is 10.7 Å². The van der Waals surface area contributed by atoms with E-state index in [1.807, 2.05) is 43.3 Å². The van der Waals surface area contributed by atoms with Gasteiger partial charge < -0.3 is 4.74 Å². The highest BCUT2D eigenvalue weighted by Crippen LogP contribution is 2.22. The van der Waals surface area contributed by atoms with Crippen LogP contribution in [0, 0.1) is 17.0 Å². The van der Waals surface area contributed by atoms with E-state index in [0.717, 1.165) is 16.7 Å². The van der Waals surface area contributed by atoms with Crippen LogP contribution >= 0.6 is 0 Å². The van der Waals surface area contributed by atoms with E-state index in [4.69, 9.17) is 4.74 Å². The third kappa shape index (κ3) is 4.92. The van der Waals surface area contributed by atoms with Crippen LogP contribution in [0.15, 0.2) is 78.9 Å². The molecule has 0 saturated heterocycles. The molecule has 0 atom stereocenters. The van der Waals surface area contributed by atoms with Gasteiger partial charge in [0.05, 0.1) is 4.92 Å². The van der Waals surface area contributed by atoms with Crippen LogP contribution in [0.25, 0.3) is 6.08 Å². The van der Waals surface area contributed by atoms with Gasteiger partial charge in [-0.25, -0.2) is 0 Å². The highest BCUT2D eigenvalue weighted by Gasteiger charge is 2.06. The van der Waals surface area contributed by atoms with Gasteiger partial charge in [-0.05, 0) is 42.8 Å². The first-order valence-electron chi connectivity index (χ1n) is 8.77. The zero-order chi connectivity index (χ0) is 19.9. The third-order valence-corrected chi connectivity index (χ3v) is 4.21. The molecule has 0 aromatic heterocycles. The minimum absolute atomic E-state index is 0.0432. The lowest BCUT2D eigenvalue weighted by atomic mass is 10.1. The smallest absolute Gasteiger partial charge is 0.269 e. The molecule has 0 N–H and O–H groups in total. The zero-order valence-corrected chi connectivity index (χ0v) is 15.4. The van der Waals surface area contributed by atoms with Gasteiger partial charge in [-0.2, -0.15) is 0 Å². The number of carbonyl (C=O) groups excluding carboxylic acids is 1. The molecule has 0 heterocycles. The summed E-state index contributed by atoms with van der Waals surface area (Å²) in [5.74, 6) is 0.555. The van der Waals surface area contributed by atoms with E-state index in [-0.39, 0.29) is 18.1 Å². The average Bonchev–Trinajstić information content (AvgIpc) is 2.72. The molecule has 3 aromatic rings. The van der Waals surface area contributed by atoms with Crippen molar-refractivity contribution in [1.82, 2.24) is 0 Å². The fourth-order valence-electron chi connectivity index (χ4n) is 2.60. The van der Waals surface area contributed by atoms with E-state index >= 15 is 0 Å². The van der Waals surface area contributed by atoms with Gasteiger partial charge in [-0.15, -0.1) is 0 Å². The van der Waals surface area contributed by atoms with Gasteiger partial charge in [0, 0.05) is 23.3 Å². The maximum Gasteiger partial charge on any atom is 0.269 e. The maximum absolute atomic E-state index is 12.3. The fourth-order valence-corrected chi connectivity index (χ4v) is 2.60. The Bertz CT molecular complexity index is 1010. The van der Waals surface area contributed by atoms with E-state index < -0.39 is 4.92 Å². The Labute approximate surface area is 163 Å². The second kappa shape index (κ2) is 8.77. The molecule has 28 heavy (non-hydrogen) atoms. The minimum atomic E-state index is -0.435. The largest absolute Gasteiger partial charge is 0.488 e. The van der Waals surface area contributed by atoms with Gasteiger partial charge >= 0.3 is 0 Å². The van der Waals surface area contributed by atoms with Crippen LogP contribution in [-0.2, 0) is 6.61 Å². The number of para-hydroxylation sites is 1. The third-order valence-electron chi connectivity index (χ3n) is 4.21. The van der Waals surface area contributed by atoms with Crippen molar-refractivity contribution in [2.75, 3.05) is 0 Å². The Morgan fingerprint density at radius 3 is 2.36 bits per heavy atom. The monoisotopic (exact) mass is 373 g/mol. The Balaban J connectivity index is 1.69. The highest BCUT2D eigenvalue weighted by molar-refractivity contribution is 6.06.